The Kier molecular flexibility index (Phi) is 7.66. The van der Waals surface area contributed by atoms with E-state index in [0.29, 0.717) is 16.5 Å². The third-order valence-corrected chi connectivity index (χ3v) is 7.09. The number of hydrogen-bond acceptors (Lipinski definition) is 5. The van der Waals surface area contributed by atoms with E-state index >= 15 is 0 Å². The average molecular weight is 488 g/mol. The number of carbonyl (C=O) groups excluding carboxylic acids is 1. The first-order chi connectivity index (χ1) is 15.6. The maximum absolute atomic E-state index is 12.8. The van der Waals surface area contributed by atoms with E-state index in [4.69, 9.17) is 21.1 Å². The highest BCUT2D eigenvalue weighted by Gasteiger charge is 2.21. The van der Waals surface area contributed by atoms with Crippen LogP contribution in [-0.4, -0.2) is 28.0 Å². The minimum absolute atomic E-state index is 0.124. The number of esters is 1. The summed E-state index contributed by atoms with van der Waals surface area (Å²) < 4.78 is 37.8. The second kappa shape index (κ2) is 10.3. The van der Waals surface area contributed by atoms with Gasteiger partial charge in [-0.15, -0.1) is 0 Å². The first-order valence-electron chi connectivity index (χ1n) is 10.4. The van der Waals surface area contributed by atoms with Crippen LogP contribution in [0.5, 0.6) is 11.5 Å². The summed E-state index contributed by atoms with van der Waals surface area (Å²) in [7, 11) is -2.30. The van der Waals surface area contributed by atoms with Crippen LogP contribution >= 0.6 is 11.6 Å². The summed E-state index contributed by atoms with van der Waals surface area (Å²) in [5.41, 5.74) is 2.47. The van der Waals surface area contributed by atoms with Crippen molar-refractivity contribution in [2.45, 2.75) is 31.6 Å². The van der Waals surface area contributed by atoms with E-state index in [0.717, 1.165) is 15.4 Å². The standard InChI is InChI=1S/C25H26ClNO5S/c1-17(2)23-14-5-18(3)15-24(23)31-16-25(28)32-21-10-8-20(9-11-21)27(4)33(29,30)22-12-6-19(26)7-13-22/h5-15,17H,16H2,1-4H3. The van der Waals surface area contributed by atoms with E-state index in [1.54, 1.807) is 12.1 Å². The topological polar surface area (TPSA) is 72.9 Å². The molecule has 0 bridgehead atoms. The number of rotatable bonds is 8. The third kappa shape index (κ3) is 6.06. The second-order valence-electron chi connectivity index (χ2n) is 7.88. The molecule has 6 nitrogen and oxygen atoms in total. The number of benzene rings is 3. The predicted octanol–water partition coefficient (Wildman–Crippen LogP) is 5.58. The Balaban J connectivity index is 1.64. The molecule has 8 heteroatoms. The summed E-state index contributed by atoms with van der Waals surface area (Å²) in [5.74, 6) is 0.649. The summed E-state index contributed by atoms with van der Waals surface area (Å²) in [6.45, 7) is 5.83. The molecule has 0 radical (unpaired) electrons. The van der Waals surface area contributed by atoms with Gasteiger partial charge in [-0.05, 0) is 78.6 Å². The maximum Gasteiger partial charge on any atom is 0.349 e. The SMILES string of the molecule is Cc1ccc(C(C)C)c(OCC(=O)Oc2ccc(N(C)S(=O)(=O)c3ccc(Cl)cc3)cc2)c1. The Morgan fingerprint density at radius 2 is 1.64 bits per heavy atom. The molecule has 0 aliphatic rings. The van der Waals surface area contributed by atoms with Gasteiger partial charge in [0.2, 0.25) is 0 Å². The first-order valence-corrected chi connectivity index (χ1v) is 12.2. The molecule has 174 valence electrons. The summed E-state index contributed by atoms with van der Waals surface area (Å²) in [6, 6.07) is 18.0. The van der Waals surface area contributed by atoms with E-state index in [1.807, 2.05) is 25.1 Å². The molecule has 3 rings (SSSR count). The number of carbonyl (C=O) groups is 1. The zero-order valence-electron chi connectivity index (χ0n) is 18.9. The van der Waals surface area contributed by atoms with Gasteiger partial charge < -0.3 is 9.47 Å². The molecule has 0 spiro atoms. The number of sulfonamides is 1. The maximum atomic E-state index is 12.8. The molecule has 3 aromatic rings. The fourth-order valence-corrected chi connectivity index (χ4v) is 4.49. The normalized spacial score (nSPS) is 11.3. The van der Waals surface area contributed by atoms with Crippen LogP contribution in [0.2, 0.25) is 5.02 Å². The highest BCUT2D eigenvalue weighted by molar-refractivity contribution is 7.92. The van der Waals surface area contributed by atoms with E-state index in [1.165, 1.54) is 43.4 Å². The number of halogens is 1. The van der Waals surface area contributed by atoms with E-state index in [-0.39, 0.29) is 23.2 Å². The van der Waals surface area contributed by atoms with Gasteiger partial charge in [-0.3, -0.25) is 4.31 Å². The molecule has 0 N–H and O–H groups in total. The fourth-order valence-electron chi connectivity index (χ4n) is 3.17. The lowest BCUT2D eigenvalue weighted by molar-refractivity contribution is -0.136. The van der Waals surface area contributed by atoms with Crippen molar-refractivity contribution in [1.29, 1.82) is 0 Å². The number of ether oxygens (including phenoxy) is 2. The average Bonchev–Trinajstić information content (AvgIpc) is 2.78. The predicted molar refractivity (Wildman–Crippen MR) is 130 cm³/mol. The third-order valence-electron chi connectivity index (χ3n) is 5.04. The number of anilines is 1. The lowest BCUT2D eigenvalue weighted by Crippen LogP contribution is -2.26. The van der Waals surface area contributed by atoms with Gasteiger partial charge in [0.1, 0.15) is 11.5 Å². The van der Waals surface area contributed by atoms with E-state index in [2.05, 4.69) is 13.8 Å². The van der Waals surface area contributed by atoms with Crippen molar-refractivity contribution in [3.63, 3.8) is 0 Å². The van der Waals surface area contributed by atoms with Crippen LogP contribution in [-0.2, 0) is 14.8 Å². The van der Waals surface area contributed by atoms with Gasteiger partial charge >= 0.3 is 5.97 Å². The van der Waals surface area contributed by atoms with Gasteiger partial charge in [-0.25, -0.2) is 13.2 Å². The van der Waals surface area contributed by atoms with Crippen molar-refractivity contribution >= 4 is 33.3 Å². The summed E-state index contributed by atoms with van der Waals surface area (Å²) in [5, 5.41) is 0.453. The van der Waals surface area contributed by atoms with Crippen molar-refractivity contribution in [2.24, 2.45) is 0 Å². The largest absolute Gasteiger partial charge is 0.482 e. The lowest BCUT2D eigenvalue weighted by atomic mass is 10.0. The Morgan fingerprint density at radius 3 is 2.24 bits per heavy atom. The highest BCUT2D eigenvalue weighted by Crippen LogP contribution is 2.28. The smallest absolute Gasteiger partial charge is 0.349 e. The zero-order valence-corrected chi connectivity index (χ0v) is 20.5. The summed E-state index contributed by atoms with van der Waals surface area (Å²) in [4.78, 5) is 12.4. The van der Waals surface area contributed by atoms with Gasteiger partial charge in [0.05, 0.1) is 10.6 Å². The molecule has 0 aliphatic heterocycles. The van der Waals surface area contributed by atoms with Crippen molar-refractivity contribution in [3.05, 3.63) is 82.9 Å². The summed E-state index contributed by atoms with van der Waals surface area (Å²) >= 11 is 5.84. The summed E-state index contributed by atoms with van der Waals surface area (Å²) in [6.07, 6.45) is 0. The number of hydrogen-bond donors (Lipinski definition) is 0. The molecular formula is C25H26ClNO5S. The van der Waals surface area contributed by atoms with Gasteiger partial charge in [0.15, 0.2) is 6.61 Å². The van der Waals surface area contributed by atoms with Crippen LogP contribution in [0.25, 0.3) is 0 Å². The molecule has 0 unspecified atom stereocenters. The van der Waals surface area contributed by atoms with Crippen molar-refractivity contribution in [1.82, 2.24) is 0 Å². The molecule has 0 aromatic heterocycles. The van der Waals surface area contributed by atoms with Crippen LogP contribution in [0, 0.1) is 6.92 Å². The van der Waals surface area contributed by atoms with Crippen LogP contribution in [0.4, 0.5) is 5.69 Å². The van der Waals surface area contributed by atoms with Crippen LogP contribution < -0.4 is 13.8 Å². The first kappa shape index (κ1) is 24.6. The minimum Gasteiger partial charge on any atom is -0.482 e. The molecule has 3 aromatic carbocycles. The molecule has 0 aliphatic carbocycles. The van der Waals surface area contributed by atoms with E-state index < -0.39 is 16.0 Å². The molecule has 0 amide bonds. The van der Waals surface area contributed by atoms with Crippen LogP contribution in [0.1, 0.15) is 30.9 Å². The van der Waals surface area contributed by atoms with Gasteiger partial charge in [0, 0.05) is 12.1 Å². The minimum atomic E-state index is -3.75. The number of nitrogens with zero attached hydrogens (tertiary/aromatic N) is 1. The Labute approximate surface area is 199 Å². The van der Waals surface area contributed by atoms with Crippen molar-refractivity contribution in [3.8, 4) is 11.5 Å². The molecule has 33 heavy (non-hydrogen) atoms. The molecule has 0 atom stereocenters. The van der Waals surface area contributed by atoms with Crippen molar-refractivity contribution in [2.75, 3.05) is 18.0 Å². The Morgan fingerprint density at radius 1 is 1.00 bits per heavy atom. The van der Waals surface area contributed by atoms with Crippen molar-refractivity contribution < 1.29 is 22.7 Å². The van der Waals surface area contributed by atoms with E-state index in [9.17, 15) is 13.2 Å². The quantitative estimate of drug-likeness (QED) is 0.306. The molecular weight excluding hydrogens is 462 g/mol. The highest BCUT2D eigenvalue weighted by atomic mass is 35.5. The molecule has 0 saturated carbocycles. The van der Waals surface area contributed by atoms with Crippen LogP contribution in [0.15, 0.2) is 71.6 Å². The Hall–Kier alpha value is -3.03. The zero-order chi connectivity index (χ0) is 24.2. The molecule has 0 saturated heterocycles. The Bertz CT molecular complexity index is 1220. The van der Waals surface area contributed by atoms with Gasteiger partial charge in [0.25, 0.3) is 10.0 Å². The molecule has 0 fully saturated rings. The molecule has 0 heterocycles. The van der Waals surface area contributed by atoms with Gasteiger partial charge in [-0.2, -0.15) is 0 Å². The van der Waals surface area contributed by atoms with Crippen LogP contribution in [0.3, 0.4) is 0 Å². The monoisotopic (exact) mass is 487 g/mol. The fraction of sp³-hybridized carbons (Fsp3) is 0.240. The van der Waals surface area contributed by atoms with Gasteiger partial charge in [-0.1, -0.05) is 37.6 Å². The lowest BCUT2D eigenvalue weighted by Gasteiger charge is -2.20. The second-order valence-corrected chi connectivity index (χ2v) is 10.3. The number of aryl methyl sites for hydroxylation is 1.